The van der Waals surface area contributed by atoms with Crippen molar-refractivity contribution >= 4 is 34.8 Å². The summed E-state index contributed by atoms with van der Waals surface area (Å²) in [4.78, 5) is 32.3. The number of carbonyl (C=O) groups is 2. The zero-order valence-electron chi connectivity index (χ0n) is 17.1. The molecule has 4 rings (SSSR count). The number of nitrogens with one attached hydrogen (secondary N) is 1. The van der Waals surface area contributed by atoms with Gasteiger partial charge in [-0.3, -0.25) is 9.59 Å². The van der Waals surface area contributed by atoms with Gasteiger partial charge in [0, 0.05) is 30.5 Å². The number of hydrogen-bond donors (Lipinski definition) is 1. The maximum atomic E-state index is 13.0. The number of nitrogens with zero attached hydrogens (tertiary/aromatic N) is 2. The molecule has 1 aliphatic rings. The van der Waals surface area contributed by atoms with Crippen LogP contribution in [-0.4, -0.2) is 40.8 Å². The van der Waals surface area contributed by atoms with Crippen LogP contribution in [-0.2, 0) is 22.4 Å². The van der Waals surface area contributed by atoms with Crippen LogP contribution in [0.15, 0.2) is 60.0 Å². The van der Waals surface area contributed by atoms with Crippen molar-refractivity contribution in [1.82, 2.24) is 15.2 Å². The Labute approximate surface area is 191 Å². The second kappa shape index (κ2) is 10.1. The molecular weight excluding hydrogens is 430 g/mol. The van der Waals surface area contributed by atoms with Gasteiger partial charge in [0.25, 0.3) is 0 Å². The largest absolute Gasteiger partial charge is 0.344 e. The lowest BCUT2D eigenvalue weighted by Gasteiger charge is -2.24. The molecule has 1 N–H and O–H groups in total. The van der Waals surface area contributed by atoms with E-state index in [2.05, 4.69) is 10.3 Å². The number of rotatable bonds is 7. The van der Waals surface area contributed by atoms with Gasteiger partial charge >= 0.3 is 0 Å². The first-order valence-corrected chi connectivity index (χ1v) is 11.7. The molecule has 0 spiro atoms. The standard InChI is InChI=1S/C24H24ClN3O2S/c25-20-11-5-4-10-19(20)23-26-18(16-31-23)15-22(29)27-21(14-17-8-2-1-3-9-17)24(30)28-12-6-7-13-28/h1-5,8-11,16,21H,6-7,12-15H2,(H,27,29). The summed E-state index contributed by atoms with van der Waals surface area (Å²) in [7, 11) is 0. The molecule has 2 aromatic carbocycles. The highest BCUT2D eigenvalue weighted by Crippen LogP contribution is 2.30. The second-order valence-electron chi connectivity index (χ2n) is 7.64. The van der Waals surface area contributed by atoms with E-state index < -0.39 is 6.04 Å². The molecule has 2 amide bonds. The Morgan fingerprint density at radius 1 is 1.06 bits per heavy atom. The van der Waals surface area contributed by atoms with Crippen molar-refractivity contribution in [1.29, 1.82) is 0 Å². The molecule has 2 heterocycles. The zero-order valence-corrected chi connectivity index (χ0v) is 18.7. The van der Waals surface area contributed by atoms with Crippen molar-refractivity contribution in [2.24, 2.45) is 0 Å². The summed E-state index contributed by atoms with van der Waals surface area (Å²) in [5.41, 5.74) is 2.55. The fraction of sp³-hybridized carbons (Fsp3) is 0.292. The zero-order chi connectivity index (χ0) is 21.6. The number of amides is 2. The van der Waals surface area contributed by atoms with Crippen LogP contribution >= 0.6 is 22.9 Å². The third-order valence-electron chi connectivity index (χ3n) is 5.33. The van der Waals surface area contributed by atoms with E-state index in [1.54, 1.807) is 0 Å². The lowest BCUT2D eigenvalue weighted by atomic mass is 10.0. The number of carbonyl (C=O) groups excluding carboxylic acids is 2. The molecule has 1 unspecified atom stereocenters. The van der Waals surface area contributed by atoms with Crippen molar-refractivity contribution < 1.29 is 9.59 Å². The quantitative estimate of drug-likeness (QED) is 0.578. The average Bonchev–Trinajstić information content (AvgIpc) is 3.46. The van der Waals surface area contributed by atoms with Crippen LogP contribution < -0.4 is 5.32 Å². The summed E-state index contributed by atoms with van der Waals surface area (Å²) in [5.74, 6) is -0.214. The summed E-state index contributed by atoms with van der Waals surface area (Å²) < 4.78 is 0. The number of thiazole rings is 1. The van der Waals surface area contributed by atoms with E-state index in [0.717, 1.165) is 42.1 Å². The summed E-state index contributed by atoms with van der Waals surface area (Å²) in [6, 6.07) is 16.7. The van der Waals surface area contributed by atoms with E-state index in [9.17, 15) is 9.59 Å². The fourth-order valence-corrected chi connectivity index (χ4v) is 4.90. The van der Waals surface area contributed by atoms with Crippen LogP contribution in [0.5, 0.6) is 0 Å². The summed E-state index contributed by atoms with van der Waals surface area (Å²) >= 11 is 7.72. The molecule has 7 heteroatoms. The van der Waals surface area contributed by atoms with Crippen LogP contribution in [0, 0.1) is 0 Å². The molecule has 31 heavy (non-hydrogen) atoms. The van der Waals surface area contributed by atoms with Crippen molar-refractivity contribution in [2.45, 2.75) is 31.7 Å². The van der Waals surface area contributed by atoms with E-state index in [0.29, 0.717) is 17.1 Å². The molecule has 1 saturated heterocycles. The molecule has 1 aliphatic heterocycles. The normalized spacial score (nSPS) is 14.4. The maximum Gasteiger partial charge on any atom is 0.245 e. The third-order valence-corrected chi connectivity index (χ3v) is 6.59. The first-order valence-electron chi connectivity index (χ1n) is 10.4. The molecule has 0 aliphatic carbocycles. The van der Waals surface area contributed by atoms with Crippen LogP contribution in [0.25, 0.3) is 10.6 Å². The first-order chi connectivity index (χ1) is 15.1. The number of benzene rings is 2. The predicted molar refractivity (Wildman–Crippen MR) is 124 cm³/mol. The van der Waals surface area contributed by atoms with Gasteiger partial charge in [0.2, 0.25) is 11.8 Å². The highest BCUT2D eigenvalue weighted by Gasteiger charge is 2.28. The van der Waals surface area contributed by atoms with Crippen LogP contribution in [0.2, 0.25) is 5.02 Å². The van der Waals surface area contributed by atoms with E-state index in [1.807, 2.05) is 64.9 Å². The average molecular weight is 454 g/mol. The predicted octanol–water partition coefficient (Wildman–Crippen LogP) is 4.36. The van der Waals surface area contributed by atoms with Crippen molar-refractivity contribution in [3.05, 3.63) is 76.3 Å². The lowest BCUT2D eigenvalue weighted by molar-refractivity contribution is -0.135. The van der Waals surface area contributed by atoms with Crippen molar-refractivity contribution in [3.8, 4) is 10.6 Å². The van der Waals surface area contributed by atoms with Crippen LogP contribution in [0.4, 0.5) is 0 Å². The van der Waals surface area contributed by atoms with Gasteiger partial charge in [0.15, 0.2) is 0 Å². The van der Waals surface area contributed by atoms with Gasteiger partial charge in [0.1, 0.15) is 11.0 Å². The first kappa shape index (κ1) is 21.5. The molecule has 3 aromatic rings. The maximum absolute atomic E-state index is 13.0. The Hall–Kier alpha value is -2.70. The molecule has 0 bridgehead atoms. The summed E-state index contributed by atoms with van der Waals surface area (Å²) in [6.45, 7) is 1.51. The summed E-state index contributed by atoms with van der Waals surface area (Å²) in [5, 5.41) is 6.24. The highest BCUT2D eigenvalue weighted by molar-refractivity contribution is 7.13. The third kappa shape index (κ3) is 5.51. The molecule has 1 aromatic heterocycles. The Balaban J connectivity index is 1.44. The number of halogens is 1. The Morgan fingerprint density at radius 2 is 1.77 bits per heavy atom. The van der Waals surface area contributed by atoms with Gasteiger partial charge in [-0.15, -0.1) is 11.3 Å². The molecule has 1 atom stereocenters. The van der Waals surface area contributed by atoms with Crippen molar-refractivity contribution in [2.75, 3.05) is 13.1 Å². The van der Waals surface area contributed by atoms with E-state index in [1.165, 1.54) is 11.3 Å². The Morgan fingerprint density at radius 3 is 2.52 bits per heavy atom. The molecule has 1 fully saturated rings. The van der Waals surface area contributed by atoms with Crippen LogP contribution in [0.1, 0.15) is 24.1 Å². The molecule has 0 radical (unpaired) electrons. The lowest BCUT2D eigenvalue weighted by Crippen LogP contribution is -2.49. The fourth-order valence-electron chi connectivity index (χ4n) is 3.76. The van der Waals surface area contributed by atoms with E-state index >= 15 is 0 Å². The van der Waals surface area contributed by atoms with E-state index in [-0.39, 0.29) is 18.2 Å². The Bertz CT molecular complexity index is 1050. The van der Waals surface area contributed by atoms with Crippen LogP contribution in [0.3, 0.4) is 0 Å². The SMILES string of the molecule is O=C(Cc1csc(-c2ccccc2Cl)n1)NC(Cc1ccccc1)C(=O)N1CCCC1. The van der Waals surface area contributed by atoms with Gasteiger partial charge < -0.3 is 10.2 Å². The van der Waals surface area contributed by atoms with Gasteiger partial charge in [0.05, 0.1) is 17.1 Å². The molecule has 160 valence electrons. The molecular formula is C24H24ClN3O2S. The van der Waals surface area contributed by atoms with Gasteiger partial charge in [-0.2, -0.15) is 0 Å². The number of likely N-dealkylation sites (tertiary alicyclic amines) is 1. The minimum absolute atomic E-state index is 0.00950. The monoisotopic (exact) mass is 453 g/mol. The van der Waals surface area contributed by atoms with Gasteiger partial charge in [-0.05, 0) is 24.5 Å². The van der Waals surface area contributed by atoms with Crippen molar-refractivity contribution in [3.63, 3.8) is 0 Å². The number of aromatic nitrogens is 1. The minimum atomic E-state index is -0.574. The molecule has 5 nitrogen and oxygen atoms in total. The minimum Gasteiger partial charge on any atom is -0.344 e. The van der Waals surface area contributed by atoms with Gasteiger partial charge in [-0.1, -0.05) is 60.1 Å². The Kier molecular flexibility index (Phi) is 6.99. The second-order valence-corrected chi connectivity index (χ2v) is 8.91. The van der Waals surface area contributed by atoms with Gasteiger partial charge in [-0.25, -0.2) is 4.98 Å². The number of hydrogen-bond acceptors (Lipinski definition) is 4. The smallest absolute Gasteiger partial charge is 0.245 e. The van der Waals surface area contributed by atoms with E-state index in [4.69, 9.17) is 11.6 Å². The highest BCUT2D eigenvalue weighted by atomic mass is 35.5. The summed E-state index contributed by atoms with van der Waals surface area (Å²) in [6.07, 6.45) is 2.63. The topological polar surface area (TPSA) is 62.3 Å². The molecule has 0 saturated carbocycles.